The zero-order chi connectivity index (χ0) is 37.2. The Labute approximate surface area is 317 Å². The molecule has 4 atom stereocenters. The Balaban J connectivity index is 1.08. The molecule has 2 aromatic heterocycles. The molecule has 3 N–H and O–H groups in total. The molecule has 54 heavy (non-hydrogen) atoms. The predicted molar refractivity (Wildman–Crippen MR) is 206 cm³/mol. The van der Waals surface area contributed by atoms with Gasteiger partial charge in [0, 0.05) is 20.1 Å². The van der Waals surface area contributed by atoms with Crippen molar-refractivity contribution >= 4 is 17.7 Å². The van der Waals surface area contributed by atoms with Crippen molar-refractivity contribution < 1.29 is 14.4 Å². The summed E-state index contributed by atoms with van der Waals surface area (Å²) >= 11 is 0. The highest BCUT2D eigenvalue weighted by Crippen LogP contribution is 2.40. The molecule has 2 aromatic carbocycles. The molecule has 0 unspecified atom stereocenters. The number of nitrogens with zero attached hydrogens (tertiary/aromatic N) is 7. The second kappa shape index (κ2) is 15.9. The molecule has 12 nitrogen and oxygen atoms in total. The highest BCUT2D eigenvalue weighted by molar-refractivity contribution is 5.97. The summed E-state index contributed by atoms with van der Waals surface area (Å²) in [6.45, 7) is 4.87. The minimum absolute atomic E-state index is 0.0731. The van der Waals surface area contributed by atoms with E-state index in [9.17, 15) is 14.4 Å². The summed E-state index contributed by atoms with van der Waals surface area (Å²) in [5.41, 5.74) is 9.33. The average molecular weight is 732 g/mol. The van der Waals surface area contributed by atoms with Crippen LogP contribution >= 0.6 is 0 Å². The maximum atomic E-state index is 14.6. The van der Waals surface area contributed by atoms with Gasteiger partial charge >= 0.3 is 0 Å². The van der Waals surface area contributed by atoms with Crippen molar-refractivity contribution in [3.63, 3.8) is 0 Å². The Morgan fingerprint density at radius 2 is 1.19 bits per heavy atom. The second-order valence-corrected chi connectivity index (χ2v) is 15.5. The first-order chi connectivity index (χ1) is 26.4. The van der Waals surface area contributed by atoms with Crippen molar-refractivity contribution in [2.24, 2.45) is 12.8 Å². The van der Waals surface area contributed by atoms with Crippen molar-refractivity contribution in [3.8, 4) is 11.4 Å². The molecule has 6 heterocycles. The van der Waals surface area contributed by atoms with Gasteiger partial charge in [-0.1, -0.05) is 73.5 Å². The fraction of sp³-hybridized carbons (Fsp3) is 0.500. The van der Waals surface area contributed by atoms with Crippen LogP contribution in [0.2, 0.25) is 0 Å². The molecule has 284 valence electrons. The lowest BCUT2D eigenvalue weighted by atomic mass is 10.00. The van der Waals surface area contributed by atoms with Crippen LogP contribution in [-0.2, 0) is 16.6 Å². The van der Waals surface area contributed by atoms with Gasteiger partial charge in [0.15, 0.2) is 5.69 Å². The van der Waals surface area contributed by atoms with E-state index >= 15 is 0 Å². The number of imidazole rings is 2. The number of primary amides is 1. The molecule has 0 spiro atoms. The molecule has 4 fully saturated rings. The third-order valence-electron chi connectivity index (χ3n) is 12.1. The van der Waals surface area contributed by atoms with Gasteiger partial charge in [0.2, 0.25) is 11.8 Å². The summed E-state index contributed by atoms with van der Waals surface area (Å²) in [6, 6.07) is 19.0. The number of nitrogens with one attached hydrogen (secondary N) is 1. The summed E-state index contributed by atoms with van der Waals surface area (Å²) in [5.74, 6) is 0.859. The van der Waals surface area contributed by atoms with E-state index in [1.807, 2.05) is 57.8 Å². The zero-order valence-electron chi connectivity index (χ0n) is 31.4. The fourth-order valence-electron chi connectivity index (χ4n) is 9.49. The van der Waals surface area contributed by atoms with E-state index in [4.69, 9.17) is 15.7 Å². The Morgan fingerprint density at radius 1 is 0.685 bits per heavy atom. The molecule has 4 aliphatic heterocycles. The minimum Gasteiger partial charge on any atom is -0.364 e. The van der Waals surface area contributed by atoms with Gasteiger partial charge in [-0.2, -0.15) is 0 Å². The molecule has 0 saturated carbocycles. The van der Waals surface area contributed by atoms with Crippen LogP contribution in [0.15, 0.2) is 66.9 Å². The lowest BCUT2D eigenvalue weighted by Crippen LogP contribution is -2.45. The molecular formula is C42H53N9O3. The van der Waals surface area contributed by atoms with Crippen LogP contribution in [-0.4, -0.2) is 96.1 Å². The van der Waals surface area contributed by atoms with Crippen molar-refractivity contribution in [2.45, 2.75) is 88.4 Å². The van der Waals surface area contributed by atoms with E-state index in [0.717, 1.165) is 88.7 Å². The number of amides is 3. The van der Waals surface area contributed by atoms with Gasteiger partial charge in [-0.15, -0.1) is 0 Å². The maximum absolute atomic E-state index is 14.6. The Kier molecular flexibility index (Phi) is 10.6. The summed E-state index contributed by atoms with van der Waals surface area (Å²) < 4.78 is 1.91. The lowest BCUT2D eigenvalue weighted by Gasteiger charge is -2.37. The summed E-state index contributed by atoms with van der Waals surface area (Å²) in [6.07, 6.45) is 11.7. The summed E-state index contributed by atoms with van der Waals surface area (Å²) in [5, 5.41) is 0. The Morgan fingerprint density at radius 3 is 1.70 bits per heavy atom. The van der Waals surface area contributed by atoms with Crippen molar-refractivity contribution in [2.75, 3.05) is 39.3 Å². The molecule has 0 aliphatic carbocycles. The molecule has 12 heteroatoms. The topological polar surface area (TPSA) is 137 Å². The molecule has 0 radical (unpaired) electrons. The van der Waals surface area contributed by atoms with E-state index in [1.54, 1.807) is 6.20 Å². The number of hydrogen-bond donors (Lipinski definition) is 2. The molecule has 8 rings (SSSR count). The summed E-state index contributed by atoms with van der Waals surface area (Å²) in [7, 11) is 1.89. The van der Waals surface area contributed by atoms with Crippen LogP contribution in [0.25, 0.3) is 11.4 Å². The quantitative estimate of drug-likeness (QED) is 0.214. The van der Waals surface area contributed by atoms with E-state index in [0.29, 0.717) is 36.1 Å². The van der Waals surface area contributed by atoms with Crippen LogP contribution in [0.3, 0.4) is 0 Å². The number of aromatic nitrogens is 4. The largest absolute Gasteiger partial charge is 0.364 e. The molecule has 4 aromatic rings. The number of piperidine rings is 2. The number of carbonyl (C=O) groups excluding carboxylic acids is 3. The van der Waals surface area contributed by atoms with Crippen LogP contribution in [0.5, 0.6) is 0 Å². The van der Waals surface area contributed by atoms with Crippen LogP contribution in [0.4, 0.5) is 0 Å². The first-order valence-electron chi connectivity index (χ1n) is 20.0. The third kappa shape index (κ3) is 6.97. The smallest absolute Gasteiger partial charge is 0.269 e. The molecule has 3 amide bonds. The summed E-state index contributed by atoms with van der Waals surface area (Å²) in [4.78, 5) is 64.0. The molecular weight excluding hydrogens is 679 g/mol. The van der Waals surface area contributed by atoms with Crippen molar-refractivity contribution in [1.29, 1.82) is 0 Å². The Bertz CT molecular complexity index is 1930. The number of H-pyrrole nitrogens is 1. The van der Waals surface area contributed by atoms with E-state index in [1.165, 1.54) is 12.8 Å². The minimum atomic E-state index is -0.640. The van der Waals surface area contributed by atoms with Gasteiger partial charge in [0.1, 0.15) is 23.7 Å². The number of benzene rings is 2. The van der Waals surface area contributed by atoms with Crippen LogP contribution in [0.1, 0.15) is 122 Å². The number of rotatable bonds is 10. The van der Waals surface area contributed by atoms with Gasteiger partial charge in [-0.3, -0.25) is 24.2 Å². The number of nitrogens with two attached hydrogens (primary N) is 1. The first kappa shape index (κ1) is 36.2. The van der Waals surface area contributed by atoms with E-state index in [-0.39, 0.29) is 41.7 Å². The van der Waals surface area contributed by atoms with Gasteiger partial charge in [0.25, 0.3) is 5.91 Å². The predicted octanol–water partition coefficient (Wildman–Crippen LogP) is 5.69. The van der Waals surface area contributed by atoms with Gasteiger partial charge in [0.05, 0.1) is 29.7 Å². The van der Waals surface area contributed by atoms with Crippen molar-refractivity contribution in [3.05, 3.63) is 95.3 Å². The van der Waals surface area contributed by atoms with E-state index in [2.05, 4.69) is 39.0 Å². The fourth-order valence-corrected chi connectivity index (χ4v) is 9.49. The van der Waals surface area contributed by atoms with Crippen LogP contribution < -0.4 is 5.73 Å². The van der Waals surface area contributed by atoms with Crippen molar-refractivity contribution in [1.82, 2.24) is 39.1 Å². The highest BCUT2D eigenvalue weighted by Gasteiger charge is 2.42. The van der Waals surface area contributed by atoms with Crippen LogP contribution in [0, 0.1) is 0 Å². The van der Waals surface area contributed by atoms with Gasteiger partial charge in [-0.05, 0) is 88.7 Å². The normalized spacial score (nSPS) is 22.4. The Hall–Kier alpha value is -4.81. The van der Waals surface area contributed by atoms with Gasteiger partial charge in [-0.25, -0.2) is 9.97 Å². The molecule has 4 aliphatic rings. The zero-order valence-corrected chi connectivity index (χ0v) is 31.4. The average Bonchev–Trinajstić information content (AvgIpc) is 4.03. The second-order valence-electron chi connectivity index (χ2n) is 15.5. The highest BCUT2D eigenvalue weighted by atomic mass is 16.2. The number of aromatic amines is 1. The third-order valence-corrected chi connectivity index (χ3v) is 12.1. The first-order valence-corrected chi connectivity index (χ1v) is 20.0. The number of hydrogen-bond acceptors (Lipinski definition) is 7. The SMILES string of the molecule is Cn1c([C@@H]2CCCN2C(=O)[C@@H](c2ccccc2)N2CCCCC2)nc(C(N)=O)c1-c1cnc([C@@H]2CCCN2C(=O)[C@@H](c2ccccc2)N2CCCCC2)[nH]1. The standard InChI is InChI=1S/C42H53N9O3/c1-47-37(31-28-44-39(45-31)32-20-14-26-50(32)41(53)35(29-16-6-2-7-17-29)48-22-10-4-11-23-48)34(38(43)52)46-40(47)33-21-15-27-51(33)42(54)36(30-18-8-3-9-19-30)49-24-12-5-13-25-49/h2-3,6-9,16-19,28,32-33,35-36H,4-5,10-15,20-27H2,1H3,(H2,43,52)(H,44,45)/t32-,33-,35+,36+/m0/s1. The molecule has 0 bridgehead atoms. The van der Waals surface area contributed by atoms with Gasteiger partial charge < -0.3 is 25.1 Å². The number of likely N-dealkylation sites (tertiary alicyclic amines) is 4. The number of carbonyl (C=O) groups is 3. The lowest BCUT2D eigenvalue weighted by molar-refractivity contribution is -0.139. The maximum Gasteiger partial charge on any atom is 0.269 e. The van der Waals surface area contributed by atoms with E-state index < -0.39 is 5.91 Å². The monoisotopic (exact) mass is 731 g/mol. The molecule has 4 saturated heterocycles.